The molecule has 0 saturated heterocycles. The summed E-state index contributed by atoms with van der Waals surface area (Å²) in [5.74, 6) is -0.814. The van der Waals surface area contributed by atoms with Crippen LogP contribution in [-0.2, 0) is 32.7 Å². The number of unbranched alkanes of at least 4 members (excludes halogenated alkanes) is 16. The maximum Gasteiger partial charge on any atom is 0.472 e. The first-order valence-corrected chi connectivity index (χ1v) is 17.1. The first kappa shape index (κ1) is 38.0. The van der Waals surface area contributed by atoms with Crippen LogP contribution in [0.5, 0.6) is 0 Å². The van der Waals surface area contributed by atoms with Crippen molar-refractivity contribution in [2.24, 2.45) is 0 Å². The molecule has 4 N–H and O–H groups in total. The fourth-order valence-corrected chi connectivity index (χ4v) is 4.96. The van der Waals surface area contributed by atoms with Gasteiger partial charge in [-0.1, -0.05) is 117 Å². The number of rotatable bonds is 29. The van der Waals surface area contributed by atoms with Gasteiger partial charge < -0.3 is 20.1 Å². The lowest BCUT2D eigenvalue weighted by Crippen LogP contribution is -2.52. The highest BCUT2D eigenvalue weighted by Gasteiger charge is 2.26. The van der Waals surface area contributed by atoms with Gasteiger partial charge in [0.1, 0.15) is 13.2 Å². The van der Waals surface area contributed by atoms with E-state index in [1.54, 1.807) is 0 Å². The molecular formula is C29H59NO8P+. The second-order valence-corrected chi connectivity index (χ2v) is 11.9. The number of hydrogen-bond donors (Lipinski definition) is 2. The van der Waals surface area contributed by atoms with E-state index in [9.17, 15) is 19.0 Å². The third-order valence-corrected chi connectivity index (χ3v) is 7.50. The highest BCUT2D eigenvalue weighted by molar-refractivity contribution is 7.47. The van der Waals surface area contributed by atoms with E-state index in [4.69, 9.17) is 18.5 Å². The topological polar surface area (TPSA) is 136 Å². The molecule has 10 heteroatoms. The van der Waals surface area contributed by atoms with Crippen molar-refractivity contribution >= 4 is 19.8 Å². The Bertz CT molecular complexity index is 634. The van der Waals surface area contributed by atoms with Crippen LogP contribution < -0.4 is 5.73 Å². The molecule has 9 nitrogen and oxygen atoms in total. The van der Waals surface area contributed by atoms with Gasteiger partial charge >= 0.3 is 19.8 Å². The second-order valence-electron chi connectivity index (χ2n) is 10.4. The number of esters is 2. The third kappa shape index (κ3) is 27.0. The molecule has 0 aromatic carbocycles. The van der Waals surface area contributed by atoms with Crippen molar-refractivity contribution in [2.45, 2.75) is 148 Å². The first-order valence-electron chi connectivity index (χ1n) is 15.6. The standard InChI is InChI=1S/C29H58NO8P/c1-3-5-7-9-11-13-15-17-19-21-28(31)35-25-27(26-37-39(33,34)36-24-23-30)38-29(32)22-20-18-16-14-12-10-8-6-4-2/h27H,3-26,30H2,1-2H3,(H,33,34)/p+1/t27-/m1/s1. The molecule has 232 valence electrons. The Morgan fingerprint density at radius 2 is 1.10 bits per heavy atom. The lowest BCUT2D eigenvalue weighted by molar-refractivity contribution is -0.371. The van der Waals surface area contributed by atoms with Gasteiger partial charge in [0.15, 0.2) is 6.10 Å². The Hall–Kier alpha value is -0.990. The molecule has 0 aromatic rings. The molecule has 0 bridgehead atoms. The maximum absolute atomic E-state index is 12.4. The minimum absolute atomic E-state index is 0.0371. The van der Waals surface area contributed by atoms with Gasteiger partial charge in [-0.05, 0) is 12.8 Å². The summed E-state index contributed by atoms with van der Waals surface area (Å²) >= 11 is 0. The van der Waals surface area contributed by atoms with Crippen LogP contribution in [0.3, 0.4) is 0 Å². The summed E-state index contributed by atoms with van der Waals surface area (Å²) in [6, 6.07) is 0. The van der Waals surface area contributed by atoms with E-state index in [2.05, 4.69) is 19.6 Å². The van der Waals surface area contributed by atoms with Crippen LogP contribution in [0.25, 0.3) is 0 Å². The Morgan fingerprint density at radius 1 is 0.667 bits per heavy atom. The van der Waals surface area contributed by atoms with Crippen molar-refractivity contribution < 1.29 is 43.3 Å². The highest BCUT2D eigenvalue weighted by atomic mass is 31.2. The van der Waals surface area contributed by atoms with E-state index in [1.807, 2.05) is 0 Å². The molecule has 0 aliphatic rings. The number of carbonyl (C=O) groups excluding carboxylic acids is 2. The average Bonchev–Trinajstić information content (AvgIpc) is 2.91. The van der Waals surface area contributed by atoms with Gasteiger partial charge in [-0.3, -0.25) is 18.6 Å². The van der Waals surface area contributed by atoms with Crippen molar-refractivity contribution in [1.29, 1.82) is 0 Å². The van der Waals surface area contributed by atoms with Crippen molar-refractivity contribution in [3.8, 4) is 0 Å². The minimum atomic E-state index is -4.31. The van der Waals surface area contributed by atoms with Gasteiger partial charge in [-0.2, -0.15) is 0 Å². The summed E-state index contributed by atoms with van der Waals surface area (Å²) in [6.07, 6.45) is 20.2. The van der Waals surface area contributed by atoms with E-state index in [0.29, 0.717) is 19.4 Å². The molecule has 0 spiro atoms. The van der Waals surface area contributed by atoms with Crippen LogP contribution in [0.15, 0.2) is 0 Å². The number of hydrogen-bond acceptors (Lipinski definition) is 7. The van der Waals surface area contributed by atoms with Crippen molar-refractivity contribution in [3.05, 3.63) is 0 Å². The molecule has 2 atom stereocenters. The zero-order valence-electron chi connectivity index (χ0n) is 25.0. The van der Waals surface area contributed by atoms with E-state index >= 15 is 0 Å². The molecule has 0 aromatic heterocycles. The number of carbonyl (C=O) groups is 2. The van der Waals surface area contributed by atoms with Gasteiger partial charge in [-0.25, -0.2) is 4.57 Å². The number of quaternary nitrogens is 1. The van der Waals surface area contributed by atoms with E-state index in [-0.39, 0.29) is 25.6 Å². The molecule has 39 heavy (non-hydrogen) atoms. The van der Waals surface area contributed by atoms with Gasteiger partial charge in [0.05, 0.1) is 13.2 Å². The fraction of sp³-hybridized carbons (Fsp3) is 0.931. The van der Waals surface area contributed by atoms with Crippen LogP contribution in [0, 0.1) is 0 Å². The predicted molar refractivity (Wildman–Crippen MR) is 154 cm³/mol. The summed E-state index contributed by atoms with van der Waals surface area (Å²) in [4.78, 5) is 34.3. The molecule has 0 radical (unpaired) electrons. The summed E-state index contributed by atoms with van der Waals surface area (Å²) < 4.78 is 32.5. The Morgan fingerprint density at radius 3 is 1.56 bits per heavy atom. The van der Waals surface area contributed by atoms with Crippen LogP contribution in [0.2, 0.25) is 0 Å². The predicted octanol–water partition coefficient (Wildman–Crippen LogP) is 6.66. The minimum Gasteiger partial charge on any atom is -0.462 e. The normalized spacial score (nSPS) is 13.6. The highest BCUT2D eigenvalue weighted by Crippen LogP contribution is 2.43. The monoisotopic (exact) mass is 580 g/mol. The van der Waals surface area contributed by atoms with Gasteiger partial charge in [-0.15, -0.1) is 0 Å². The molecule has 0 heterocycles. The van der Waals surface area contributed by atoms with E-state index in [1.165, 1.54) is 77.0 Å². The largest absolute Gasteiger partial charge is 0.472 e. The lowest BCUT2D eigenvalue weighted by atomic mass is 10.1. The molecule has 0 fully saturated rings. The van der Waals surface area contributed by atoms with E-state index < -0.39 is 26.5 Å². The SMILES string of the molecule is CCCCCCCCCCCC(=O)OC[C@H](COP(=O)(O)OCC[NH3+])OC(=O)CCCCCCCCCCC. The van der Waals surface area contributed by atoms with Crippen LogP contribution >= 0.6 is 7.82 Å². The maximum atomic E-state index is 12.4. The molecule has 0 rings (SSSR count). The van der Waals surface area contributed by atoms with Crippen molar-refractivity contribution in [1.82, 2.24) is 0 Å². The van der Waals surface area contributed by atoms with Crippen molar-refractivity contribution in [2.75, 3.05) is 26.4 Å². The smallest absolute Gasteiger partial charge is 0.462 e. The van der Waals surface area contributed by atoms with Gasteiger partial charge in [0.2, 0.25) is 0 Å². The van der Waals surface area contributed by atoms with Gasteiger partial charge in [0, 0.05) is 12.8 Å². The Balaban J connectivity index is 4.33. The average molecular weight is 581 g/mol. The first-order chi connectivity index (χ1) is 18.8. The summed E-state index contributed by atoms with van der Waals surface area (Å²) in [7, 11) is -4.31. The quantitative estimate of drug-likeness (QED) is 0.0569. The summed E-state index contributed by atoms with van der Waals surface area (Å²) in [5, 5.41) is 0. The zero-order valence-corrected chi connectivity index (χ0v) is 25.9. The zero-order chi connectivity index (χ0) is 29.0. The summed E-state index contributed by atoms with van der Waals surface area (Å²) in [5.41, 5.74) is 3.55. The third-order valence-electron chi connectivity index (χ3n) is 6.52. The molecule has 0 aliphatic heterocycles. The fourth-order valence-electron chi connectivity index (χ4n) is 4.17. The molecular weight excluding hydrogens is 521 g/mol. The van der Waals surface area contributed by atoms with E-state index in [0.717, 1.165) is 32.1 Å². The number of phosphoric acid groups is 1. The Kier molecular flexibility index (Phi) is 26.5. The van der Waals surface area contributed by atoms with Crippen LogP contribution in [-0.4, -0.2) is 49.3 Å². The van der Waals surface area contributed by atoms with Gasteiger partial charge in [0.25, 0.3) is 0 Å². The lowest BCUT2D eigenvalue weighted by Gasteiger charge is -2.19. The Labute approximate surface area is 237 Å². The van der Waals surface area contributed by atoms with Crippen LogP contribution in [0.4, 0.5) is 0 Å². The molecule has 1 unspecified atom stereocenters. The van der Waals surface area contributed by atoms with Crippen molar-refractivity contribution in [3.63, 3.8) is 0 Å². The van der Waals surface area contributed by atoms with Crippen LogP contribution in [0.1, 0.15) is 142 Å². The molecule has 0 saturated carbocycles. The second kappa shape index (κ2) is 27.2. The molecule has 0 amide bonds. The summed E-state index contributed by atoms with van der Waals surface area (Å²) in [6.45, 7) is 4.06. The number of ether oxygens (including phenoxy) is 2. The number of phosphoric ester groups is 1. The molecule has 0 aliphatic carbocycles.